The van der Waals surface area contributed by atoms with E-state index in [9.17, 15) is 0 Å². The summed E-state index contributed by atoms with van der Waals surface area (Å²) in [7, 11) is 2.08. The Morgan fingerprint density at radius 2 is 1.89 bits per heavy atom. The van der Waals surface area contributed by atoms with Crippen molar-refractivity contribution in [3.63, 3.8) is 0 Å². The largest absolute Gasteiger partial charge is 0.298 e. The molecule has 0 N–H and O–H groups in total. The van der Waals surface area contributed by atoms with E-state index >= 15 is 0 Å². The smallest absolute Gasteiger partial charge is 0.0595 e. The predicted octanol–water partition coefficient (Wildman–Crippen LogP) is 3.84. The zero-order chi connectivity index (χ0) is 13.8. The van der Waals surface area contributed by atoms with E-state index < -0.39 is 0 Å². The maximum Gasteiger partial charge on any atom is 0.0595 e. The van der Waals surface area contributed by atoms with Crippen LogP contribution in [-0.2, 0) is 19.6 Å². The fourth-order valence-corrected chi connectivity index (χ4v) is 2.30. The zero-order valence-electron chi connectivity index (χ0n) is 11.1. The molecular weight excluding hydrogens is 281 g/mol. The first-order valence-corrected chi connectivity index (χ1v) is 6.98. The molecule has 0 saturated heterocycles. The molecule has 0 saturated carbocycles. The summed E-state index contributed by atoms with van der Waals surface area (Å²) in [6, 6.07) is 5.75. The van der Waals surface area contributed by atoms with Crippen LogP contribution in [0.1, 0.15) is 18.1 Å². The average Bonchev–Trinajstić information content (AvgIpc) is 2.81. The van der Waals surface area contributed by atoms with E-state index in [4.69, 9.17) is 23.2 Å². The van der Waals surface area contributed by atoms with E-state index in [0.717, 1.165) is 25.2 Å². The number of halogens is 2. The Labute approximate surface area is 123 Å². The van der Waals surface area contributed by atoms with Crippen molar-refractivity contribution < 1.29 is 0 Å². The van der Waals surface area contributed by atoms with Gasteiger partial charge in [0, 0.05) is 31.4 Å². The van der Waals surface area contributed by atoms with Crippen LogP contribution in [0.2, 0.25) is 10.0 Å². The van der Waals surface area contributed by atoms with Crippen LogP contribution in [0.5, 0.6) is 0 Å². The molecule has 5 heteroatoms. The van der Waals surface area contributed by atoms with Crippen LogP contribution in [0.3, 0.4) is 0 Å². The highest BCUT2D eigenvalue weighted by atomic mass is 35.5. The third-order valence-corrected chi connectivity index (χ3v) is 3.64. The van der Waals surface area contributed by atoms with Crippen molar-refractivity contribution >= 4 is 23.2 Å². The molecule has 1 aromatic carbocycles. The van der Waals surface area contributed by atoms with Crippen molar-refractivity contribution in [2.75, 3.05) is 7.05 Å². The lowest BCUT2D eigenvalue weighted by atomic mass is 10.2. The van der Waals surface area contributed by atoms with E-state index in [0.29, 0.717) is 10.0 Å². The number of hydrogen-bond donors (Lipinski definition) is 0. The minimum absolute atomic E-state index is 0.595. The maximum atomic E-state index is 6.02. The lowest BCUT2D eigenvalue weighted by Crippen LogP contribution is -2.16. The highest BCUT2D eigenvalue weighted by Gasteiger charge is 2.05. The first kappa shape index (κ1) is 14.4. The molecule has 0 aliphatic rings. The van der Waals surface area contributed by atoms with Gasteiger partial charge in [-0.1, -0.05) is 29.3 Å². The summed E-state index contributed by atoms with van der Waals surface area (Å²) < 4.78 is 1.93. The Balaban J connectivity index is 1.96. The highest BCUT2D eigenvalue weighted by molar-refractivity contribution is 6.42. The molecule has 0 radical (unpaired) electrons. The molecule has 102 valence electrons. The van der Waals surface area contributed by atoms with Gasteiger partial charge < -0.3 is 0 Å². The fourth-order valence-electron chi connectivity index (χ4n) is 1.98. The van der Waals surface area contributed by atoms with Crippen LogP contribution in [0.15, 0.2) is 30.6 Å². The summed E-state index contributed by atoms with van der Waals surface area (Å²) in [5, 5.41) is 5.47. The number of rotatable bonds is 5. The lowest BCUT2D eigenvalue weighted by Gasteiger charge is -2.16. The molecule has 0 spiro atoms. The van der Waals surface area contributed by atoms with Gasteiger partial charge >= 0.3 is 0 Å². The third-order valence-electron chi connectivity index (χ3n) is 2.90. The Morgan fingerprint density at radius 1 is 1.16 bits per heavy atom. The quantitative estimate of drug-likeness (QED) is 0.836. The average molecular weight is 298 g/mol. The Morgan fingerprint density at radius 3 is 2.53 bits per heavy atom. The van der Waals surface area contributed by atoms with Crippen molar-refractivity contribution in [2.24, 2.45) is 0 Å². The third kappa shape index (κ3) is 3.96. The topological polar surface area (TPSA) is 21.1 Å². The second-order valence-electron chi connectivity index (χ2n) is 4.63. The van der Waals surface area contributed by atoms with Crippen molar-refractivity contribution in [1.82, 2.24) is 14.7 Å². The Hall–Kier alpha value is -1.03. The van der Waals surface area contributed by atoms with E-state index in [1.807, 2.05) is 29.1 Å². The van der Waals surface area contributed by atoms with Crippen LogP contribution in [0.25, 0.3) is 0 Å². The normalized spacial score (nSPS) is 11.2. The fraction of sp³-hybridized carbons (Fsp3) is 0.357. The van der Waals surface area contributed by atoms with Crippen LogP contribution >= 0.6 is 23.2 Å². The predicted molar refractivity (Wildman–Crippen MR) is 79.5 cm³/mol. The minimum atomic E-state index is 0.595. The lowest BCUT2D eigenvalue weighted by molar-refractivity contribution is 0.319. The maximum absolute atomic E-state index is 6.02. The highest BCUT2D eigenvalue weighted by Crippen LogP contribution is 2.23. The molecule has 3 nitrogen and oxygen atoms in total. The monoisotopic (exact) mass is 297 g/mol. The van der Waals surface area contributed by atoms with Gasteiger partial charge in [-0.15, -0.1) is 0 Å². The number of aryl methyl sites for hydroxylation is 1. The molecule has 0 aliphatic heterocycles. The van der Waals surface area contributed by atoms with E-state index in [1.54, 1.807) is 0 Å². The molecule has 0 atom stereocenters. The SMILES string of the molecule is CCn1cc(CN(C)Cc2ccc(Cl)c(Cl)c2)cn1. The molecule has 2 rings (SSSR count). The second-order valence-corrected chi connectivity index (χ2v) is 5.44. The van der Waals surface area contributed by atoms with Crippen molar-refractivity contribution in [1.29, 1.82) is 0 Å². The van der Waals surface area contributed by atoms with E-state index in [-0.39, 0.29) is 0 Å². The molecule has 0 aliphatic carbocycles. The summed E-state index contributed by atoms with van der Waals surface area (Å²) in [5.41, 5.74) is 2.36. The Bertz CT molecular complexity index is 551. The van der Waals surface area contributed by atoms with E-state index in [1.165, 1.54) is 5.56 Å². The van der Waals surface area contributed by atoms with Crippen molar-refractivity contribution in [2.45, 2.75) is 26.6 Å². The van der Waals surface area contributed by atoms with Gasteiger partial charge in [0.15, 0.2) is 0 Å². The summed E-state index contributed by atoms with van der Waals surface area (Å²) >= 11 is 11.9. The van der Waals surface area contributed by atoms with Gasteiger partial charge in [-0.25, -0.2) is 0 Å². The summed E-state index contributed by atoms with van der Waals surface area (Å²) in [6.45, 7) is 4.67. The van der Waals surface area contributed by atoms with Gasteiger partial charge in [0.2, 0.25) is 0 Å². The van der Waals surface area contributed by atoms with Gasteiger partial charge in [-0.05, 0) is 31.7 Å². The molecule has 1 heterocycles. The molecular formula is C14H17Cl2N3. The van der Waals surface area contributed by atoms with Gasteiger partial charge in [0.05, 0.1) is 16.2 Å². The first-order valence-electron chi connectivity index (χ1n) is 6.22. The molecule has 19 heavy (non-hydrogen) atoms. The second kappa shape index (κ2) is 6.42. The van der Waals surface area contributed by atoms with Crippen LogP contribution in [-0.4, -0.2) is 21.7 Å². The molecule has 0 unspecified atom stereocenters. The Kier molecular flexibility index (Phi) is 4.86. The first-order chi connectivity index (χ1) is 9.08. The summed E-state index contributed by atoms with van der Waals surface area (Å²) in [4.78, 5) is 2.22. The molecule has 2 aromatic rings. The molecule has 1 aromatic heterocycles. The van der Waals surface area contributed by atoms with Crippen molar-refractivity contribution in [3.8, 4) is 0 Å². The standard InChI is InChI=1S/C14H17Cl2N3/c1-3-19-10-12(7-17-19)9-18(2)8-11-4-5-13(15)14(16)6-11/h4-7,10H,3,8-9H2,1-2H3. The summed E-state index contributed by atoms with van der Waals surface area (Å²) in [5.74, 6) is 0. The van der Waals surface area contributed by atoms with Crippen LogP contribution in [0.4, 0.5) is 0 Å². The number of benzene rings is 1. The number of hydrogen-bond acceptors (Lipinski definition) is 2. The van der Waals surface area contributed by atoms with Crippen LogP contribution in [0, 0.1) is 0 Å². The van der Waals surface area contributed by atoms with Gasteiger partial charge in [-0.2, -0.15) is 5.10 Å². The number of nitrogens with zero attached hydrogens (tertiary/aromatic N) is 3. The molecule has 0 fully saturated rings. The van der Waals surface area contributed by atoms with Crippen LogP contribution < -0.4 is 0 Å². The summed E-state index contributed by atoms with van der Waals surface area (Å²) in [6.07, 6.45) is 3.99. The van der Waals surface area contributed by atoms with Crippen molar-refractivity contribution in [3.05, 3.63) is 51.8 Å². The van der Waals surface area contributed by atoms with Gasteiger partial charge in [0.25, 0.3) is 0 Å². The zero-order valence-corrected chi connectivity index (χ0v) is 12.6. The molecule has 0 bridgehead atoms. The number of aromatic nitrogens is 2. The van der Waals surface area contributed by atoms with Gasteiger partial charge in [0.1, 0.15) is 0 Å². The van der Waals surface area contributed by atoms with E-state index in [2.05, 4.69) is 30.2 Å². The minimum Gasteiger partial charge on any atom is -0.298 e. The molecule has 0 amide bonds. The van der Waals surface area contributed by atoms with Gasteiger partial charge in [-0.3, -0.25) is 9.58 Å².